The number of benzene rings is 1. The lowest BCUT2D eigenvalue weighted by molar-refractivity contribution is 0.0827. The van der Waals surface area contributed by atoms with Crippen molar-refractivity contribution in [2.24, 2.45) is 0 Å². The number of amides is 2. The van der Waals surface area contributed by atoms with Gasteiger partial charge in [0.1, 0.15) is 11.5 Å². The predicted molar refractivity (Wildman–Crippen MR) is 98.0 cm³/mol. The molecule has 1 aromatic carbocycles. The number of nitrogens with one attached hydrogen (secondary N) is 2. The molecule has 26 heavy (non-hydrogen) atoms. The molecule has 7 nitrogen and oxygen atoms in total. The van der Waals surface area contributed by atoms with E-state index in [1.807, 2.05) is 13.0 Å². The molecule has 140 valence electrons. The fourth-order valence-electron chi connectivity index (χ4n) is 2.49. The van der Waals surface area contributed by atoms with Crippen LogP contribution in [0, 0.1) is 6.92 Å². The first-order valence-electron chi connectivity index (χ1n) is 8.54. The number of carbonyl (C=O) groups is 2. The maximum atomic E-state index is 12.3. The lowest BCUT2D eigenvalue weighted by atomic mass is 10.1. The van der Waals surface area contributed by atoms with Crippen molar-refractivity contribution >= 4 is 11.8 Å². The summed E-state index contributed by atoms with van der Waals surface area (Å²) in [4.78, 5) is 26.6. The van der Waals surface area contributed by atoms with E-state index in [0.29, 0.717) is 23.6 Å². The van der Waals surface area contributed by atoms with Crippen LogP contribution in [0.1, 0.15) is 46.1 Å². The highest BCUT2D eigenvalue weighted by Gasteiger charge is 2.16. The van der Waals surface area contributed by atoms with Gasteiger partial charge in [0.25, 0.3) is 5.91 Å². The second kappa shape index (κ2) is 9.05. The molecule has 2 amide bonds. The van der Waals surface area contributed by atoms with Crippen molar-refractivity contribution in [1.82, 2.24) is 15.8 Å². The quantitative estimate of drug-likeness (QED) is 0.742. The zero-order chi connectivity index (χ0) is 19.1. The van der Waals surface area contributed by atoms with E-state index < -0.39 is 11.8 Å². The van der Waals surface area contributed by atoms with Gasteiger partial charge < -0.3 is 9.15 Å². The molecule has 0 radical (unpaired) electrons. The minimum absolute atomic E-state index is 0.142. The Balaban J connectivity index is 1.97. The highest BCUT2D eigenvalue weighted by Crippen LogP contribution is 2.19. The van der Waals surface area contributed by atoms with Crippen LogP contribution < -0.4 is 15.6 Å². The Kier molecular flexibility index (Phi) is 6.80. The van der Waals surface area contributed by atoms with Gasteiger partial charge in [0.05, 0.1) is 19.2 Å². The van der Waals surface area contributed by atoms with Crippen molar-refractivity contribution in [2.75, 3.05) is 20.2 Å². The molecule has 2 N–H and O–H groups in total. The highest BCUT2D eigenvalue weighted by molar-refractivity contribution is 5.99. The number of rotatable bonds is 7. The van der Waals surface area contributed by atoms with Crippen LogP contribution in [0.3, 0.4) is 0 Å². The lowest BCUT2D eigenvalue weighted by Gasteiger charge is -2.15. The molecule has 2 rings (SSSR count). The Morgan fingerprint density at radius 1 is 1.08 bits per heavy atom. The number of aryl methyl sites for hydroxylation is 1. The first-order chi connectivity index (χ1) is 12.5. The van der Waals surface area contributed by atoms with Crippen LogP contribution in [-0.2, 0) is 6.54 Å². The van der Waals surface area contributed by atoms with Gasteiger partial charge in [0, 0.05) is 0 Å². The molecule has 0 saturated heterocycles. The van der Waals surface area contributed by atoms with Gasteiger partial charge in [-0.05, 0) is 44.3 Å². The van der Waals surface area contributed by atoms with E-state index in [1.54, 1.807) is 24.3 Å². The first-order valence-corrected chi connectivity index (χ1v) is 8.54. The number of furan rings is 1. The molecular weight excluding hydrogens is 334 g/mol. The summed E-state index contributed by atoms with van der Waals surface area (Å²) < 4.78 is 10.7. The van der Waals surface area contributed by atoms with E-state index in [9.17, 15) is 9.59 Å². The third-order valence-corrected chi connectivity index (χ3v) is 4.05. The largest absolute Gasteiger partial charge is 0.496 e. The Bertz CT molecular complexity index is 766. The van der Waals surface area contributed by atoms with Crippen molar-refractivity contribution in [3.05, 3.63) is 53.0 Å². The SMILES string of the molecule is CCN(CC)Cc1ccc(C(=O)NNC(=O)c2cc(C)ccc2OC)o1. The van der Waals surface area contributed by atoms with Gasteiger partial charge in [-0.2, -0.15) is 0 Å². The summed E-state index contributed by atoms with van der Waals surface area (Å²) in [5, 5.41) is 0. The number of methoxy groups -OCH3 is 1. The molecule has 0 aliphatic heterocycles. The molecule has 0 aliphatic rings. The Morgan fingerprint density at radius 2 is 1.77 bits per heavy atom. The second-order valence-electron chi connectivity index (χ2n) is 5.84. The van der Waals surface area contributed by atoms with E-state index in [4.69, 9.17) is 9.15 Å². The van der Waals surface area contributed by atoms with Gasteiger partial charge in [-0.3, -0.25) is 25.3 Å². The van der Waals surface area contributed by atoms with Crippen molar-refractivity contribution in [3.8, 4) is 5.75 Å². The van der Waals surface area contributed by atoms with E-state index in [2.05, 4.69) is 29.6 Å². The third kappa shape index (κ3) is 4.86. The van der Waals surface area contributed by atoms with Crippen LogP contribution in [0.4, 0.5) is 0 Å². The minimum Gasteiger partial charge on any atom is -0.496 e. The molecule has 0 unspecified atom stereocenters. The molecule has 0 fully saturated rings. The van der Waals surface area contributed by atoms with E-state index >= 15 is 0 Å². The standard InChI is InChI=1S/C19H25N3O4/c1-5-22(6-2)12-14-8-10-17(26-14)19(24)21-20-18(23)15-11-13(3)7-9-16(15)25-4/h7-11H,5-6,12H2,1-4H3,(H,20,23)(H,21,24). The van der Waals surface area contributed by atoms with Crippen molar-refractivity contribution in [2.45, 2.75) is 27.3 Å². The van der Waals surface area contributed by atoms with Crippen molar-refractivity contribution in [3.63, 3.8) is 0 Å². The summed E-state index contributed by atoms with van der Waals surface area (Å²) in [7, 11) is 1.49. The van der Waals surface area contributed by atoms with Gasteiger partial charge in [0.2, 0.25) is 0 Å². The van der Waals surface area contributed by atoms with Gasteiger partial charge in [-0.15, -0.1) is 0 Å². The maximum absolute atomic E-state index is 12.3. The van der Waals surface area contributed by atoms with Crippen LogP contribution in [0.25, 0.3) is 0 Å². The number of hydrogen-bond acceptors (Lipinski definition) is 5. The van der Waals surface area contributed by atoms with Crippen LogP contribution in [-0.4, -0.2) is 36.9 Å². The van der Waals surface area contributed by atoms with E-state index in [-0.39, 0.29) is 5.76 Å². The van der Waals surface area contributed by atoms with Gasteiger partial charge in [-0.1, -0.05) is 25.5 Å². The van der Waals surface area contributed by atoms with Crippen LogP contribution in [0.5, 0.6) is 5.75 Å². The highest BCUT2D eigenvalue weighted by atomic mass is 16.5. The normalized spacial score (nSPS) is 10.7. The Labute approximate surface area is 153 Å². The topological polar surface area (TPSA) is 83.8 Å². The summed E-state index contributed by atoms with van der Waals surface area (Å²) >= 11 is 0. The molecule has 1 aromatic heterocycles. The fourth-order valence-corrected chi connectivity index (χ4v) is 2.49. The summed E-state index contributed by atoms with van der Waals surface area (Å²) in [6.07, 6.45) is 0. The predicted octanol–water partition coefficient (Wildman–Crippen LogP) is 2.51. The van der Waals surface area contributed by atoms with Gasteiger partial charge >= 0.3 is 5.91 Å². The Hall–Kier alpha value is -2.80. The monoisotopic (exact) mass is 359 g/mol. The second-order valence-corrected chi connectivity index (χ2v) is 5.84. The third-order valence-electron chi connectivity index (χ3n) is 4.05. The van der Waals surface area contributed by atoms with Gasteiger partial charge in [-0.25, -0.2) is 0 Å². The number of nitrogens with zero attached hydrogens (tertiary/aromatic N) is 1. The molecule has 1 heterocycles. The molecular formula is C19H25N3O4. The number of hydrazine groups is 1. The zero-order valence-electron chi connectivity index (χ0n) is 15.6. The fraction of sp³-hybridized carbons (Fsp3) is 0.368. The number of ether oxygens (including phenoxy) is 1. The van der Waals surface area contributed by atoms with Crippen LogP contribution >= 0.6 is 0 Å². The molecule has 0 aliphatic carbocycles. The number of hydrogen-bond donors (Lipinski definition) is 2. The summed E-state index contributed by atoms with van der Waals surface area (Å²) in [6.45, 7) is 8.42. The molecule has 0 saturated carbocycles. The van der Waals surface area contributed by atoms with Crippen molar-refractivity contribution in [1.29, 1.82) is 0 Å². The maximum Gasteiger partial charge on any atom is 0.305 e. The van der Waals surface area contributed by atoms with Crippen molar-refractivity contribution < 1.29 is 18.7 Å². The summed E-state index contributed by atoms with van der Waals surface area (Å²) in [6, 6.07) is 8.59. The lowest BCUT2D eigenvalue weighted by Crippen LogP contribution is -2.41. The molecule has 0 spiro atoms. The van der Waals surface area contributed by atoms with Gasteiger partial charge in [0.15, 0.2) is 5.76 Å². The summed E-state index contributed by atoms with van der Waals surface area (Å²) in [5.41, 5.74) is 6.00. The van der Waals surface area contributed by atoms with E-state index in [0.717, 1.165) is 18.7 Å². The average molecular weight is 359 g/mol. The zero-order valence-corrected chi connectivity index (χ0v) is 15.6. The smallest absolute Gasteiger partial charge is 0.305 e. The summed E-state index contributed by atoms with van der Waals surface area (Å²) in [5.74, 6) is 0.292. The Morgan fingerprint density at radius 3 is 2.42 bits per heavy atom. The molecule has 0 atom stereocenters. The minimum atomic E-state index is -0.518. The molecule has 0 bridgehead atoms. The first kappa shape index (κ1) is 19.5. The average Bonchev–Trinajstić information content (AvgIpc) is 3.12. The van der Waals surface area contributed by atoms with E-state index in [1.165, 1.54) is 7.11 Å². The number of carbonyl (C=O) groups excluding carboxylic acids is 2. The van der Waals surface area contributed by atoms with Crippen LogP contribution in [0.2, 0.25) is 0 Å². The van der Waals surface area contributed by atoms with Crippen LogP contribution in [0.15, 0.2) is 34.7 Å². The molecule has 7 heteroatoms. The molecule has 2 aromatic rings.